The van der Waals surface area contributed by atoms with Crippen LogP contribution in [0.1, 0.15) is 23.0 Å². The molecule has 1 aromatic heterocycles. The molecular weight excluding hydrogens is 455 g/mol. The fourth-order valence-corrected chi connectivity index (χ4v) is 4.48. The highest BCUT2D eigenvalue weighted by molar-refractivity contribution is 6.30. The van der Waals surface area contributed by atoms with Crippen molar-refractivity contribution in [2.45, 2.75) is 12.6 Å². The Labute approximate surface area is 202 Å². The van der Waals surface area contributed by atoms with Crippen LogP contribution in [-0.4, -0.2) is 56.4 Å². The highest BCUT2D eigenvalue weighted by Gasteiger charge is 2.30. The lowest BCUT2D eigenvalue weighted by Crippen LogP contribution is -2.48. The predicted octanol–water partition coefficient (Wildman–Crippen LogP) is 4.13. The van der Waals surface area contributed by atoms with Gasteiger partial charge >= 0.3 is 0 Å². The Morgan fingerprint density at radius 2 is 1.56 bits per heavy atom. The van der Waals surface area contributed by atoms with Gasteiger partial charge in [0.2, 0.25) is 0 Å². The predicted molar refractivity (Wildman–Crippen MR) is 129 cm³/mol. The second-order valence-corrected chi connectivity index (χ2v) is 8.75. The van der Waals surface area contributed by atoms with E-state index in [-0.39, 0.29) is 17.6 Å². The van der Waals surface area contributed by atoms with Crippen LogP contribution < -0.4 is 4.90 Å². The van der Waals surface area contributed by atoms with Crippen LogP contribution in [0.3, 0.4) is 0 Å². The van der Waals surface area contributed by atoms with Crippen molar-refractivity contribution in [1.82, 2.24) is 25.1 Å². The largest absolute Gasteiger partial charge is 0.508 e. The van der Waals surface area contributed by atoms with E-state index in [1.54, 1.807) is 28.9 Å². The number of aromatic hydroxyl groups is 1. The first kappa shape index (κ1) is 22.3. The molecule has 1 atom stereocenters. The van der Waals surface area contributed by atoms with Crippen molar-refractivity contribution in [2.24, 2.45) is 0 Å². The van der Waals surface area contributed by atoms with Gasteiger partial charge in [-0.1, -0.05) is 35.9 Å². The molecule has 9 heteroatoms. The first-order valence-electron chi connectivity index (χ1n) is 11.1. The third kappa shape index (κ3) is 4.88. The molecule has 1 aliphatic heterocycles. The van der Waals surface area contributed by atoms with Gasteiger partial charge in [-0.05, 0) is 70.1 Å². The summed E-state index contributed by atoms with van der Waals surface area (Å²) in [5.74, 6) is 0.717. The van der Waals surface area contributed by atoms with Gasteiger partial charge in [0, 0.05) is 36.9 Å². The average Bonchev–Trinajstić information content (AvgIpc) is 3.30. The summed E-state index contributed by atoms with van der Waals surface area (Å²) in [5.41, 5.74) is 3.06. The van der Waals surface area contributed by atoms with Gasteiger partial charge in [-0.3, -0.25) is 4.90 Å². The van der Waals surface area contributed by atoms with Gasteiger partial charge in [0.1, 0.15) is 11.6 Å². The zero-order chi connectivity index (χ0) is 23.5. The molecule has 2 heterocycles. The van der Waals surface area contributed by atoms with Crippen molar-refractivity contribution in [1.29, 1.82) is 0 Å². The molecule has 1 saturated heterocycles. The fourth-order valence-electron chi connectivity index (χ4n) is 4.35. The Balaban J connectivity index is 1.41. The number of benzene rings is 3. The summed E-state index contributed by atoms with van der Waals surface area (Å²) >= 11 is 6.16. The zero-order valence-corrected chi connectivity index (χ0v) is 19.2. The number of piperazine rings is 1. The van der Waals surface area contributed by atoms with Gasteiger partial charge in [0.25, 0.3) is 0 Å². The lowest BCUT2D eigenvalue weighted by atomic mass is 10.0. The van der Waals surface area contributed by atoms with Gasteiger partial charge < -0.3 is 10.0 Å². The number of anilines is 1. The van der Waals surface area contributed by atoms with Crippen molar-refractivity contribution in [3.63, 3.8) is 0 Å². The van der Waals surface area contributed by atoms with Crippen molar-refractivity contribution in [3.8, 4) is 5.75 Å². The zero-order valence-electron chi connectivity index (χ0n) is 18.4. The monoisotopic (exact) mass is 478 g/mol. The molecule has 1 aliphatic rings. The normalized spacial score (nSPS) is 15.4. The van der Waals surface area contributed by atoms with Gasteiger partial charge in [-0.15, -0.1) is 5.10 Å². The lowest BCUT2D eigenvalue weighted by Gasteiger charge is -2.40. The van der Waals surface area contributed by atoms with Crippen LogP contribution in [0, 0.1) is 5.82 Å². The first-order valence-corrected chi connectivity index (χ1v) is 11.5. The summed E-state index contributed by atoms with van der Waals surface area (Å²) in [7, 11) is 0. The van der Waals surface area contributed by atoms with Gasteiger partial charge in [-0.2, -0.15) is 0 Å². The number of hydrogen-bond acceptors (Lipinski definition) is 6. The summed E-state index contributed by atoms with van der Waals surface area (Å²) in [6, 6.07) is 21.3. The van der Waals surface area contributed by atoms with E-state index in [2.05, 4.69) is 25.3 Å². The van der Waals surface area contributed by atoms with Crippen LogP contribution >= 0.6 is 11.6 Å². The molecule has 1 fully saturated rings. The second kappa shape index (κ2) is 9.79. The molecule has 1 N–H and O–H groups in total. The minimum absolute atomic E-state index is 0.158. The quantitative estimate of drug-likeness (QED) is 0.449. The van der Waals surface area contributed by atoms with E-state index >= 15 is 0 Å². The summed E-state index contributed by atoms with van der Waals surface area (Å²) in [4.78, 5) is 4.67. The molecule has 5 rings (SSSR count). The van der Waals surface area contributed by atoms with Crippen LogP contribution in [-0.2, 0) is 6.54 Å². The van der Waals surface area contributed by atoms with Crippen LogP contribution in [0.25, 0.3) is 0 Å². The number of halogens is 2. The minimum atomic E-state index is -0.272. The smallest absolute Gasteiger partial charge is 0.173 e. The van der Waals surface area contributed by atoms with Crippen molar-refractivity contribution < 1.29 is 9.50 Å². The van der Waals surface area contributed by atoms with Crippen LogP contribution in [0.15, 0.2) is 72.8 Å². The standard InChI is InChI=1S/C25H24ClFN6O/c26-20-5-3-19(4-6-20)24(25-28-29-30-33(25)17-18-1-7-21(27)8-2-18)32-15-13-31(14-16-32)22-9-11-23(34)12-10-22/h1-12,24,34H,13-17H2. The van der Waals surface area contributed by atoms with E-state index < -0.39 is 0 Å². The molecule has 0 radical (unpaired) electrons. The number of phenolic OH excluding ortho intramolecular Hbond substituents is 1. The van der Waals surface area contributed by atoms with E-state index in [1.165, 1.54) is 12.1 Å². The maximum atomic E-state index is 13.4. The third-order valence-corrected chi connectivity index (χ3v) is 6.38. The molecule has 0 amide bonds. The van der Waals surface area contributed by atoms with Crippen LogP contribution in [0.5, 0.6) is 5.75 Å². The third-order valence-electron chi connectivity index (χ3n) is 6.13. The Morgan fingerprint density at radius 1 is 0.882 bits per heavy atom. The number of nitrogens with zero attached hydrogens (tertiary/aromatic N) is 6. The maximum absolute atomic E-state index is 13.4. The van der Waals surface area contributed by atoms with Gasteiger partial charge in [-0.25, -0.2) is 9.07 Å². The van der Waals surface area contributed by atoms with Gasteiger partial charge in [0.15, 0.2) is 5.82 Å². The Hall–Kier alpha value is -3.49. The molecule has 34 heavy (non-hydrogen) atoms. The minimum Gasteiger partial charge on any atom is -0.508 e. The van der Waals surface area contributed by atoms with E-state index in [1.807, 2.05) is 36.4 Å². The summed E-state index contributed by atoms with van der Waals surface area (Å²) in [5, 5.41) is 22.9. The van der Waals surface area contributed by atoms with Crippen LogP contribution in [0.4, 0.5) is 10.1 Å². The molecule has 0 saturated carbocycles. The van der Waals surface area contributed by atoms with Gasteiger partial charge in [0.05, 0.1) is 12.6 Å². The Bertz CT molecular complexity index is 1220. The van der Waals surface area contributed by atoms with E-state index in [0.29, 0.717) is 11.6 Å². The molecular formula is C25H24ClFN6O. The molecule has 4 aromatic rings. The highest BCUT2D eigenvalue weighted by Crippen LogP contribution is 2.30. The molecule has 174 valence electrons. The Morgan fingerprint density at radius 3 is 2.24 bits per heavy atom. The number of hydrogen-bond donors (Lipinski definition) is 1. The SMILES string of the molecule is Oc1ccc(N2CCN(C(c3ccc(Cl)cc3)c3nnnn3Cc3ccc(F)cc3)CC2)cc1. The number of tetrazole rings is 1. The molecule has 1 unspecified atom stereocenters. The summed E-state index contributed by atoms with van der Waals surface area (Å²) < 4.78 is 15.1. The van der Waals surface area contributed by atoms with Crippen molar-refractivity contribution in [3.05, 3.63) is 101 Å². The van der Waals surface area contributed by atoms with Crippen molar-refractivity contribution >= 4 is 17.3 Å². The topological polar surface area (TPSA) is 70.3 Å². The lowest BCUT2D eigenvalue weighted by molar-refractivity contribution is 0.201. The molecule has 0 aliphatic carbocycles. The molecule has 3 aromatic carbocycles. The van der Waals surface area contributed by atoms with E-state index in [4.69, 9.17) is 11.6 Å². The summed E-state index contributed by atoms with van der Waals surface area (Å²) in [6.07, 6.45) is 0. The number of phenols is 1. The fraction of sp³-hybridized carbons (Fsp3) is 0.240. The average molecular weight is 479 g/mol. The highest BCUT2D eigenvalue weighted by atomic mass is 35.5. The molecule has 0 bridgehead atoms. The van der Waals surface area contributed by atoms with Crippen molar-refractivity contribution in [2.75, 3.05) is 31.1 Å². The second-order valence-electron chi connectivity index (χ2n) is 8.31. The Kier molecular flexibility index (Phi) is 6.42. The summed E-state index contributed by atoms with van der Waals surface area (Å²) in [6.45, 7) is 3.71. The number of aromatic nitrogens is 4. The molecule has 7 nitrogen and oxygen atoms in total. The van der Waals surface area contributed by atoms with E-state index in [0.717, 1.165) is 48.8 Å². The van der Waals surface area contributed by atoms with E-state index in [9.17, 15) is 9.50 Å². The maximum Gasteiger partial charge on any atom is 0.173 e. The first-order chi connectivity index (χ1) is 16.6. The molecule has 0 spiro atoms. The number of rotatable bonds is 6. The van der Waals surface area contributed by atoms with Crippen LogP contribution in [0.2, 0.25) is 5.02 Å².